The molecule has 1 aromatic carbocycles. The lowest BCUT2D eigenvalue weighted by Gasteiger charge is -2.13. The molecule has 4 heteroatoms. The van der Waals surface area contributed by atoms with Crippen molar-refractivity contribution in [2.24, 2.45) is 0 Å². The van der Waals surface area contributed by atoms with Crippen molar-refractivity contribution >= 4 is 0 Å². The largest absolute Gasteiger partial charge is 0.386 e. The Labute approximate surface area is 99.5 Å². The SMILES string of the molecule is CCn1cncc1C(O)Cc1ccccc1F. The molecule has 0 saturated carbocycles. The predicted molar refractivity (Wildman–Crippen MR) is 63.0 cm³/mol. The van der Waals surface area contributed by atoms with E-state index < -0.39 is 6.10 Å². The van der Waals surface area contributed by atoms with Crippen molar-refractivity contribution in [3.8, 4) is 0 Å². The molecule has 1 N–H and O–H groups in total. The highest BCUT2D eigenvalue weighted by atomic mass is 19.1. The number of hydrogen-bond acceptors (Lipinski definition) is 2. The van der Waals surface area contributed by atoms with Gasteiger partial charge in [0.1, 0.15) is 5.82 Å². The molecule has 90 valence electrons. The normalized spacial score (nSPS) is 12.6. The summed E-state index contributed by atoms with van der Waals surface area (Å²) in [5, 5.41) is 10.1. The van der Waals surface area contributed by atoms with Gasteiger partial charge >= 0.3 is 0 Å². The van der Waals surface area contributed by atoms with Crippen LogP contribution in [0.5, 0.6) is 0 Å². The Morgan fingerprint density at radius 2 is 2.18 bits per heavy atom. The number of hydrogen-bond donors (Lipinski definition) is 1. The van der Waals surface area contributed by atoms with E-state index in [0.717, 1.165) is 12.2 Å². The first-order chi connectivity index (χ1) is 8.22. The minimum atomic E-state index is -0.727. The molecule has 2 aromatic rings. The van der Waals surface area contributed by atoms with Gasteiger partial charge in [0.05, 0.1) is 24.3 Å². The molecule has 1 heterocycles. The Morgan fingerprint density at radius 3 is 2.88 bits per heavy atom. The summed E-state index contributed by atoms with van der Waals surface area (Å²) in [5.41, 5.74) is 1.24. The number of benzene rings is 1. The lowest BCUT2D eigenvalue weighted by molar-refractivity contribution is 0.167. The van der Waals surface area contributed by atoms with Crippen molar-refractivity contribution in [1.29, 1.82) is 0 Å². The van der Waals surface area contributed by atoms with Crippen LogP contribution >= 0.6 is 0 Å². The topological polar surface area (TPSA) is 38.0 Å². The summed E-state index contributed by atoms with van der Waals surface area (Å²) in [6.45, 7) is 2.71. The van der Waals surface area contributed by atoms with Gasteiger partial charge in [-0.05, 0) is 18.6 Å². The van der Waals surface area contributed by atoms with Gasteiger partial charge in [-0.1, -0.05) is 18.2 Å². The van der Waals surface area contributed by atoms with Gasteiger partial charge in [0.25, 0.3) is 0 Å². The summed E-state index contributed by atoms with van der Waals surface area (Å²) >= 11 is 0. The molecule has 0 aliphatic rings. The second-order valence-electron chi connectivity index (χ2n) is 3.92. The lowest BCUT2D eigenvalue weighted by Crippen LogP contribution is -2.09. The fourth-order valence-electron chi connectivity index (χ4n) is 1.85. The maximum atomic E-state index is 13.4. The molecule has 2 rings (SSSR count). The van der Waals surface area contributed by atoms with Crippen molar-refractivity contribution in [3.63, 3.8) is 0 Å². The van der Waals surface area contributed by atoms with Gasteiger partial charge in [-0.25, -0.2) is 9.37 Å². The molecule has 1 atom stereocenters. The summed E-state index contributed by atoms with van der Waals surface area (Å²) in [7, 11) is 0. The van der Waals surface area contributed by atoms with Crippen LogP contribution in [0.3, 0.4) is 0 Å². The van der Waals surface area contributed by atoms with Crippen molar-refractivity contribution in [2.75, 3.05) is 0 Å². The monoisotopic (exact) mass is 234 g/mol. The van der Waals surface area contributed by atoms with E-state index in [2.05, 4.69) is 4.98 Å². The zero-order chi connectivity index (χ0) is 12.3. The summed E-state index contributed by atoms with van der Waals surface area (Å²) in [6, 6.07) is 6.49. The van der Waals surface area contributed by atoms with Gasteiger partial charge in [0.15, 0.2) is 0 Å². The van der Waals surface area contributed by atoms with Gasteiger partial charge in [0, 0.05) is 13.0 Å². The Balaban J connectivity index is 2.17. The molecule has 3 nitrogen and oxygen atoms in total. The molecule has 0 aliphatic heterocycles. The molecule has 0 saturated heterocycles. The molecule has 1 unspecified atom stereocenters. The van der Waals surface area contributed by atoms with E-state index >= 15 is 0 Å². The number of aromatic nitrogens is 2. The van der Waals surface area contributed by atoms with Crippen molar-refractivity contribution in [3.05, 3.63) is 53.9 Å². The molecule has 0 amide bonds. The van der Waals surface area contributed by atoms with Crippen molar-refractivity contribution < 1.29 is 9.50 Å². The zero-order valence-corrected chi connectivity index (χ0v) is 9.68. The van der Waals surface area contributed by atoms with Crippen LogP contribution in [0.2, 0.25) is 0 Å². The van der Waals surface area contributed by atoms with Crippen LogP contribution < -0.4 is 0 Å². The zero-order valence-electron chi connectivity index (χ0n) is 9.68. The van der Waals surface area contributed by atoms with Gasteiger partial charge in [0.2, 0.25) is 0 Å². The fourth-order valence-corrected chi connectivity index (χ4v) is 1.85. The number of rotatable bonds is 4. The van der Waals surface area contributed by atoms with E-state index in [9.17, 15) is 9.50 Å². The van der Waals surface area contributed by atoms with Crippen LogP contribution in [0.25, 0.3) is 0 Å². The highest BCUT2D eigenvalue weighted by molar-refractivity contribution is 5.19. The van der Waals surface area contributed by atoms with E-state index in [0.29, 0.717) is 5.56 Å². The maximum absolute atomic E-state index is 13.4. The molecule has 1 aromatic heterocycles. The van der Waals surface area contributed by atoms with Crippen molar-refractivity contribution in [2.45, 2.75) is 26.0 Å². The quantitative estimate of drug-likeness (QED) is 0.881. The highest BCUT2D eigenvalue weighted by Gasteiger charge is 2.14. The van der Waals surface area contributed by atoms with E-state index in [1.807, 2.05) is 11.5 Å². The number of aryl methyl sites for hydroxylation is 1. The molecule has 0 fully saturated rings. The van der Waals surface area contributed by atoms with E-state index in [1.165, 1.54) is 6.07 Å². The number of halogens is 1. The van der Waals surface area contributed by atoms with Crippen LogP contribution in [0, 0.1) is 5.82 Å². The lowest BCUT2D eigenvalue weighted by atomic mass is 10.1. The summed E-state index contributed by atoms with van der Waals surface area (Å²) in [5.74, 6) is -0.283. The maximum Gasteiger partial charge on any atom is 0.126 e. The molecule has 0 radical (unpaired) electrons. The summed E-state index contributed by atoms with van der Waals surface area (Å²) < 4.78 is 15.3. The first kappa shape index (κ1) is 11.8. The van der Waals surface area contributed by atoms with Gasteiger partial charge in [-0.15, -0.1) is 0 Å². The van der Waals surface area contributed by atoms with Crippen LogP contribution in [0.15, 0.2) is 36.8 Å². The Morgan fingerprint density at radius 1 is 1.41 bits per heavy atom. The molecular weight excluding hydrogens is 219 g/mol. The van der Waals surface area contributed by atoms with Crippen LogP contribution in [0.1, 0.15) is 24.3 Å². The van der Waals surface area contributed by atoms with Gasteiger partial charge in [-0.2, -0.15) is 0 Å². The number of nitrogens with zero attached hydrogens (tertiary/aromatic N) is 2. The third-order valence-electron chi connectivity index (χ3n) is 2.80. The Bertz CT molecular complexity index is 496. The van der Waals surface area contributed by atoms with E-state index in [-0.39, 0.29) is 12.2 Å². The molecule has 0 aliphatic carbocycles. The standard InChI is InChI=1S/C13H15FN2O/c1-2-16-9-15-8-12(16)13(17)7-10-5-3-4-6-11(10)14/h3-6,8-9,13,17H,2,7H2,1H3. The van der Waals surface area contributed by atoms with Crippen LogP contribution in [-0.2, 0) is 13.0 Å². The van der Waals surface area contributed by atoms with Crippen LogP contribution in [-0.4, -0.2) is 14.7 Å². The first-order valence-corrected chi connectivity index (χ1v) is 5.64. The highest BCUT2D eigenvalue weighted by Crippen LogP contribution is 2.19. The van der Waals surface area contributed by atoms with Crippen molar-refractivity contribution in [1.82, 2.24) is 9.55 Å². The van der Waals surface area contributed by atoms with E-state index in [1.54, 1.807) is 30.7 Å². The van der Waals surface area contributed by atoms with Gasteiger partial charge < -0.3 is 9.67 Å². The smallest absolute Gasteiger partial charge is 0.126 e. The first-order valence-electron chi connectivity index (χ1n) is 5.64. The third-order valence-corrected chi connectivity index (χ3v) is 2.80. The summed E-state index contributed by atoms with van der Waals surface area (Å²) in [4.78, 5) is 3.99. The van der Waals surface area contributed by atoms with Gasteiger partial charge in [-0.3, -0.25) is 0 Å². The average Bonchev–Trinajstić information content (AvgIpc) is 2.80. The molecule has 0 bridgehead atoms. The third kappa shape index (κ3) is 2.53. The predicted octanol–water partition coefficient (Wildman–Crippen LogP) is 2.32. The van der Waals surface area contributed by atoms with Crippen LogP contribution in [0.4, 0.5) is 4.39 Å². The molecule has 0 spiro atoms. The fraction of sp³-hybridized carbons (Fsp3) is 0.308. The molecular formula is C13H15FN2O. The second kappa shape index (κ2) is 5.10. The summed E-state index contributed by atoms with van der Waals surface area (Å²) in [6.07, 6.45) is 2.82. The minimum Gasteiger partial charge on any atom is -0.386 e. The number of aliphatic hydroxyl groups excluding tert-OH is 1. The number of aliphatic hydroxyl groups is 1. The number of imidazole rings is 1. The average molecular weight is 234 g/mol. The van der Waals surface area contributed by atoms with E-state index in [4.69, 9.17) is 0 Å². The second-order valence-corrected chi connectivity index (χ2v) is 3.92. The molecule has 17 heavy (non-hydrogen) atoms. The Hall–Kier alpha value is -1.68. The minimum absolute atomic E-state index is 0.262. The Kier molecular flexibility index (Phi) is 3.54.